The first-order valence-electron chi connectivity index (χ1n) is 7.90. The molecule has 1 fully saturated rings. The number of carbonyl (C=O) groups is 2. The van der Waals surface area contributed by atoms with Crippen LogP contribution >= 0.6 is 23.4 Å². The summed E-state index contributed by atoms with van der Waals surface area (Å²) in [4.78, 5) is 26.2. The molecule has 0 saturated carbocycles. The van der Waals surface area contributed by atoms with Gasteiger partial charge in [0.2, 0.25) is 0 Å². The summed E-state index contributed by atoms with van der Waals surface area (Å²) in [6.45, 7) is 0. The van der Waals surface area contributed by atoms with Crippen molar-refractivity contribution in [2.75, 3.05) is 4.90 Å². The Hall–Kier alpha value is -2.83. The average molecular weight is 400 g/mol. The monoisotopic (exact) mass is 399 g/mol. The van der Waals surface area contributed by atoms with Crippen molar-refractivity contribution in [2.24, 2.45) is 0 Å². The number of benzene rings is 2. The number of imide groups is 1. The molecule has 7 heteroatoms. The Morgan fingerprint density at radius 2 is 1.85 bits per heavy atom. The third-order valence-electron chi connectivity index (χ3n) is 3.87. The first-order valence-corrected chi connectivity index (χ1v) is 9.10. The lowest BCUT2D eigenvalue weighted by Gasteiger charge is -2.12. The number of carbonyl (C=O) groups excluding carboxylic acids is 2. The van der Waals surface area contributed by atoms with Crippen molar-refractivity contribution < 1.29 is 18.4 Å². The van der Waals surface area contributed by atoms with Crippen LogP contribution in [-0.2, 0) is 4.79 Å². The smallest absolute Gasteiger partial charge is 0.298 e. The van der Waals surface area contributed by atoms with Gasteiger partial charge in [-0.1, -0.05) is 29.8 Å². The minimum atomic E-state index is -0.448. The number of thioether (sulfide) groups is 1. The molecular weight excluding hydrogens is 389 g/mol. The largest absolute Gasteiger partial charge is 0.457 e. The van der Waals surface area contributed by atoms with Crippen LogP contribution in [-0.4, -0.2) is 11.1 Å². The minimum absolute atomic E-state index is 0.236. The highest BCUT2D eigenvalue weighted by molar-refractivity contribution is 8.19. The van der Waals surface area contributed by atoms with E-state index in [2.05, 4.69) is 0 Å². The molecule has 1 saturated heterocycles. The average Bonchev–Trinajstić information content (AvgIpc) is 3.20. The van der Waals surface area contributed by atoms with Crippen LogP contribution < -0.4 is 4.90 Å². The second kappa shape index (κ2) is 7.06. The summed E-state index contributed by atoms with van der Waals surface area (Å²) in [5.74, 6) is 0.0461. The molecule has 0 atom stereocenters. The van der Waals surface area contributed by atoms with Crippen LogP contribution in [0, 0.1) is 5.82 Å². The second-order valence-electron chi connectivity index (χ2n) is 5.71. The molecule has 0 spiro atoms. The maximum atomic E-state index is 13.4. The predicted octanol–water partition coefficient (Wildman–Crippen LogP) is 5.98. The molecule has 0 N–H and O–H groups in total. The van der Waals surface area contributed by atoms with E-state index in [9.17, 15) is 14.0 Å². The highest BCUT2D eigenvalue weighted by Gasteiger charge is 2.36. The molecule has 0 unspecified atom stereocenters. The van der Waals surface area contributed by atoms with Crippen LogP contribution in [0.25, 0.3) is 17.4 Å². The molecule has 0 bridgehead atoms. The Kier molecular flexibility index (Phi) is 4.59. The first-order chi connectivity index (χ1) is 13.0. The molecule has 4 rings (SSSR count). The molecule has 0 radical (unpaired) electrons. The molecule has 27 heavy (non-hydrogen) atoms. The van der Waals surface area contributed by atoms with Gasteiger partial charge >= 0.3 is 0 Å². The van der Waals surface area contributed by atoms with Crippen molar-refractivity contribution >= 4 is 46.3 Å². The Labute approximate surface area is 163 Å². The van der Waals surface area contributed by atoms with E-state index in [-0.39, 0.29) is 10.7 Å². The van der Waals surface area contributed by atoms with Gasteiger partial charge in [-0.3, -0.25) is 9.59 Å². The van der Waals surface area contributed by atoms with Gasteiger partial charge in [0.05, 0.1) is 10.6 Å². The lowest BCUT2D eigenvalue weighted by molar-refractivity contribution is -0.113. The Balaban J connectivity index is 1.62. The number of amides is 2. The van der Waals surface area contributed by atoms with E-state index in [1.165, 1.54) is 18.2 Å². The van der Waals surface area contributed by atoms with Crippen LogP contribution in [0.1, 0.15) is 5.76 Å². The summed E-state index contributed by atoms with van der Waals surface area (Å²) in [5.41, 5.74) is 0.995. The van der Waals surface area contributed by atoms with E-state index in [0.717, 1.165) is 16.7 Å². The van der Waals surface area contributed by atoms with E-state index in [1.54, 1.807) is 48.5 Å². The number of hydrogen-bond donors (Lipinski definition) is 0. The van der Waals surface area contributed by atoms with Crippen molar-refractivity contribution in [2.45, 2.75) is 0 Å². The fraction of sp³-hybridized carbons (Fsp3) is 0. The molecular formula is C20H11ClFNO3S. The summed E-state index contributed by atoms with van der Waals surface area (Å²) in [7, 11) is 0. The number of rotatable bonds is 3. The van der Waals surface area contributed by atoms with Gasteiger partial charge < -0.3 is 4.42 Å². The first kappa shape index (κ1) is 17.6. The lowest BCUT2D eigenvalue weighted by atomic mass is 10.2. The number of nitrogens with zero attached hydrogens (tertiary/aromatic N) is 1. The van der Waals surface area contributed by atoms with Gasteiger partial charge in [0.15, 0.2) is 0 Å². The number of anilines is 1. The van der Waals surface area contributed by atoms with Gasteiger partial charge in [0.1, 0.15) is 17.3 Å². The molecule has 4 nitrogen and oxygen atoms in total. The topological polar surface area (TPSA) is 50.5 Å². The Morgan fingerprint density at radius 1 is 1.04 bits per heavy atom. The zero-order valence-corrected chi connectivity index (χ0v) is 15.3. The van der Waals surface area contributed by atoms with Crippen LogP contribution in [0.15, 0.2) is 70.0 Å². The van der Waals surface area contributed by atoms with Crippen LogP contribution in [0.2, 0.25) is 5.02 Å². The van der Waals surface area contributed by atoms with Gasteiger partial charge in [0.25, 0.3) is 11.1 Å². The second-order valence-corrected chi connectivity index (χ2v) is 7.14. The molecule has 1 aromatic heterocycles. The molecule has 1 aliphatic heterocycles. The Morgan fingerprint density at radius 3 is 2.63 bits per heavy atom. The van der Waals surface area contributed by atoms with E-state index in [1.807, 2.05) is 0 Å². The van der Waals surface area contributed by atoms with E-state index < -0.39 is 11.1 Å². The third-order valence-corrected chi connectivity index (χ3v) is 4.97. The molecule has 2 aromatic carbocycles. The molecule has 1 aliphatic rings. The lowest BCUT2D eigenvalue weighted by Crippen LogP contribution is -2.27. The summed E-state index contributed by atoms with van der Waals surface area (Å²) in [6.07, 6.45) is 1.50. The number of halogens is 2. The molecule has 134 valence electrons. The van der Waals surface area contributed by atoms with Crippen molar-refractivity contribution in [3.63, 3.8) is 0 Å². The fourth-order valence-corrected chi connectivity index (χ4v) is 3.67. The van der Waals surface area contributed by atoms with Gasteiger partial charge in [-0.2, -0.15) is 0 Å². The normalized spacial score (nSPS) is 15.8. The van der Waals surface area contributed by atoms with E-state index in [4.69, 9.17) is 16.0 Å². The predicted molar refractivity (Wildman–Crippen MR) is 104 cm³/mol. The quantitative estimate of drug-likeness (QED) is 0.508. The zero-order chi connectivity index (χ0) is 19.0. The summed E-state index contributed by atoms with van der Waals surface area (Å²) in [5, 5.41) is 0.0201. The molecule has 2 amide bonds. The van der Waals surface area contributed by atoms with Gasteiger partial charge in [-0.05, 0) is 54.2 Å². The minimum Gasteiger partial charge on any atom is -0.457 e. The summed E-state index contributed by atoms with van der Waals surface area (Å²) in [6, 6.07) is 15.9. The Bertz CT molecular complexity index is 1090. The fourth-order valence-electron chi connectivity index (χ4n) is 2.66. The molecule has 2 heterocycles. The highest BCUT2D eigenvalue weighted by Crippen LogP contribution is 2.37. The van der Waals surface area contributed by atoms with E-state index in [0.29, 0.717) is 27.8 Å². The third kappa shape index (κ3) is 3.54. The van der Waals surface area contributed by atoms with Crippen molar-refractivity contribution in [3.05, 3.63) is 82.2 Å². The molecule has 0 aliphatic carbocycles. The standard InChI is InChI=1S/C20H11ClFNO3S/c21-13-4-2-6-15(10-13)23-19(24)18(27-20(23)25)11-16-7-8-17(26-16)12-3-1-5-14(22)9-12/h1-11H/b18-11+. The van der Waals surface area contributed by atoms with Crippen molar-refractivity contribution in [3.8, 4) is 11.3 Å². The zero-order valence-electron chi connectivity index (χ0n) is 13.7. The van der Waals surface area contributed by atoms with E-state index >= 15 is 0 Å². The summed E-state index contributed by atoms with van der Waals surface area (Å²) < 4.78 is 19.0. The number of hydrogen-bond acceptors (Lipinski definition) is 4. The number of furan rings is 1. The highest BCUT2D eigenvalue weighted by atomic mass is 35.5. The van der Waals surface area contributed by atoms with Crippen molar-refractivity contribution in [1.29, 1.82) is 0 Å². The van der Waals surface area contributed by atoms with Crippen LogP contribution in [0.4, 0.5) is 14.9 Å². The van der Waals surface area contributed by atoms with Crippen LogP contribution in [0.5, 0.6) is 0 Å². The molecule has 3 aromatic rings. The van der Waals surface area contributed by atoms with Gasteiger partial charge in [-0.15, -0.1) is 0 Å². The van der Waals surface area contributed by atoms with Gasteiger partial charge in [-0.25, -0.2) is 9.29 Å². The van der Waals surface area contributed by atoms with Gasteiger partial charge in [0, 0.05) is 16.7 Å². The maximum absolute atomic E-state index is 13.4. The maximum Gasteiger partial charge on any atom is 0.298 e. The van der Waals surface area contributed by atoms with Crippen molar-refractivity contribution in [1.82, 2.24) is 0 Å². The van der Waals surface area contributed by atoms with Crippen LogP contribution in [0.3, 0.4) is 0 Å². The SMILES string of the molecule is O=C1S/C(=C/c2ccc(-c3cccc(F)c3)o2)C(=O)N1c1cccc(Cl)c1. The summed E-state index contributed by atoms with van der Waals surface area (Å²) >= 11 is 6.76.